The summed E-state index contributed by atoms with van der Waals surface area (Å²) in [5.41, 5.74) is 1.05. The first-order chi connectivity index (χ1) is 9.20. The molecule has 0 bridgehead atoms. The summed E-state index contributed by atoms with van der Waals surface area (Å²) in [4.78, 5) is 2.40. The topological polar surface area (TPSA) is 33.7 Å². The van der Waals surface area contributed by atoms with E-state index in [-0.39, 0.29) is 0 Å². The molecule has 1 saturated heterocycles. The van der Waals surface area contributed by atoms with Crippen molar-refractivity contribution in [3.05, 3.63) is 21.1 Å². The van der Waals surface area contributed by atoms with Gasteiger partial charge in [-0.25, -0.2) is 0 Å². The highest BCUT2D eigenvalue weighted by atomic mass is 79.9. The molecule has 0 unspecified atom stereocenters. The molecule has 6 heteroatoms. The minimum atomic E-state index is 0.831. The number of rotatable bonds is 5. The largest absolute Gasteiger partial charge is 0.495 e. The first kappa shape index (κ1) is 15.1. The lowest BCUT2D eigenvalue weighted by Crippen LogP contribution is -2.39. The Labute approximate surface area is 130 Å². The molecule has 1 aromatic carbocycles. The number of methoxy groups -OCH3 is 1. The summed E-state index contributed by atoms with van der Waals surface area (Å²) in [6.07, 6.45) is 0. The number of hydrogen-bond donors (Lipinski definition) is 1. The van der Waals surface area contributed by atoms with E-state index in [1.165, 1.54) is 0 Å². The molecule has 1 aromatic rings. The number of hydrogen-bond acceptors (Lipinski definition) is 4. The fourth-order valence-electron chi connectivity index (χ4n) is 1.99. The molecule has 0 spiro atoms. The van der Waals surface area contributed by atoms with Crippen molar-refractivity contribution >= 4 is 37.5 Å². The molecule has 1 aliphatic rings. The normalized spacial score (nSPS) is 16.4. The summed E-state index contributed by atoms with van der Waals surface area (Å²) in [5.74, 6) is 0.831. The Balaban J connectivity index is 1.88. The van der Waals surface area contributed by atoms with Crippen molar-refractivity contribution in [1.82, 2.24) is 4.90 Å². The van der Waals surface area contributed by atoms with Crippen LogP contribution in [0.5, 0.6) is 5.75 Å². The Morgan fingerprint density at radius 1 is 1.26 bits per heavy atom. The van der Waals surface area contributed by atoms with Crippen molar-refractivity contribution in [3.8, 4) is 5.75 Å². The average Bonchev–Trinajstić information content (AvgIpc) is 2.42. The molecule has 1 fully saturated rings. The van der Waals surface area contributed by atoms with E-state index in [2.05, 4.69) is 42.1 Å². The average molecular weight is 394 g/mol. The van der Waals surface area contributed by atoms with Gasteiger partial charge in [0.1, 0.15) is 5.75 Å². The Kier molecular flexibility index (Phi) is 5.94. The number of nitrogens with one attached hydrogen (secondary N) is 1. The summed E-state index contributed by atoms with van der Waals surface area (Å²) in [7, 11) is 1.67. The van der Waals surface area contributed by atoms with E-state index in [1.54, 1.807) is 7.11 Å². The lowest BCUT2D eigenvalue weighted by atomic mass is 10.3. The third-order valence-corrected chi connectivity index (χ3v) is 4.36. The van der Waals surface area contributed by atoms with Gasteiger partial charge in [-0.3, -0.25) is 4.90 Å². The highest BCUT2D eigenvalue weighted by molar-refractivity contribution is 9.11. The van der Waals surface area contributed by atoms with Crippen molar-refractivity contribution in [1.29, 1.82) is 0 Å². The molecule has 0 atom stereocenters. The predicted octanol–water partition coefficient (Wildman–Crippen LogP) is 2.96. The zero-order valence-electron chi connectivity index (χ0n) is 10.9. The van der Waals surface area contributed by atoms with Crippen molar-refractivity contribution in [2.24, 2.45) is 0 Å². The first-order valence-corrected chi connectivity index (χ1v) is 7.86. The lowest BCUT2D eigenvalue weighted by Gasteiger charge is -2.26. The van der Waals surface area contributed by atoms with Gasteiger partial charge in [0.2, 0.25) is 0 Å². The van der Waals surface area contributed by atoms with Gasteiger partial charge in [0, 0.05) is 36.7 Å². The van der Waals surface area contributed by atoms with Crippen LogP contribution in [0.25, 0.3) is 0 Å². The van der Waals surface area contributed by atoms with Crippen LogP contribution < -0.4 is 10.1 Å². The first-order valence-electron chi connectivity index (χ1n) is 6.27. The van der Waals surface area contributed by atoms with E-state index in [1.807, 2.05) is 12.1 Å². The molecule has 0 saturated carbocycles. The molecule has 0 radical (unpaired) electrons. The molecular weight excluding hydrogens is 376 g/mol. The molecule has 0 amide bonds. The van der Waals surface area contributed by atoms with E-state index < -0.39 is 0 Å². The highest BCUT2D eigenvalue weighted by Crippen LogP contribution is 2.34. The molecule has 106 valence electrons. The van der Waals surface area contributed by atoms with Gasteiger partial charge in [0.25, 0.3) is 0 Å². The van der Waals surface area contributed by atoms with Crippen LogP contribution in [-0.2, 0) is 4.74 Å². The maximum atomic E-state index is 5.34. The molecule has 4 nitrogen and oxygen atoms in total. The second-order valence-electron chi connectivity index (χ2n) is 4.35. The number of benzene rings is 1. The van der Waals surface area contributed by atoms with Crippen LogP contribution in [0.4, 0.5) is 5.69 Å². The van der Waals surface area contributed by atoms with Crippen LogP contribution in [0.1, 0.15) is 0 Å². The Hall–Kier alpha value is -0.300. The van der Waals surface area contributed by atoms with Crippen LogP contribution in [0, 0.1) is 0 Å². The highest BCUT2D eigenvalue weighted by Gasteiger charge is 2.10. The number of ether oxygens (including phenoxy) is 2. The monoisotopic (exact) mass is 392 g/mol. The summed E-state index contributed by atoms with van der Waals surface area (Å²) in [6, 6.07) is 3.99. The standard InChI is InChI=1S/C13H18Br2N2O2/c1-18-13-9-12(10(14)8-11(13)15)16-2-3-17-4-6-19-7-5-17/h8-9,16H,2-7H2,1H3. The second kappa shape index (κ2) is 7.47. The Bertz CT molecular complexity index is 423. The number of nitrogens with zero attached hydrogens (tertiary/aromatic N) is 1. The van der Waals surface area contributed by atoms with E-state index in [0.717, 1.165) is 59.8 Å². The Morgan fingerprint density at radius 3 is 2.68 bits per heavy atom. The van der Waals surface area contributed by atoms with Crippen LogP contribution in [0.15, 0.2) is 21.1 Å². The van der Waals surface area contributed by atoms with Crippen LogP contribution in [-0.4, -0.2) is 51.4 Å². The molecule has 0 aliphatic carbocycles. The van der Waals surface area contributed by atoms with Crippen molar-refractivity contribution in [2.45, 2.75) is 0 Å². The van der Waals surface area contributed by atoms with Crippen LogP contribution in [0.3, 0.4) is 0 Å². The molecule has 1 N–H and O–H groups in total. The minimum Gasteiger partial charge on any atom is -0.495 e. The summed E-state index contributed by atoms with van der Waals surface area (Å²) in [5, 5.41) is 3.43. The molecule has 1 aliphatic heterocycles. The maximum absolute atomic E-state index is 5.34. The summed E-state index contributed by atoms with van der Waals surface area (Å²) >= 11 is 7.02. The molecule has 19 heavy (non-hydrogen) atoms. The predicted molar refractivity (Wildman–Crippen MR) is 84.1 cm³/mol. The van der Waals surface area contributed by atoms with Gasteiger partial charge in [0.05, 0.1) is 30.5 Å². The SMILES string of the molecule is COc1cc(NCCN2CCOCC2)c(Br)cc1Br. The van der Waals surface area contributed by atoms with Gasteiger partial charge in [-0.1, -0.05) is 0 Å². The molecule has 0 aromatic heterocycles. The number of halogens is 2. The van der Waals surface area contributed by atoms with Crippen molar-refractivity contribution < 1.29 is 9.47 Å². The third kappa shape index (κ3) is 4.34. The molecule has 2 rings (SSSR count). The van der Waals surface area contributed by atoms with E-state index in [0.29, 0.717) is 0 Å². The smallest absolute Gasteiger partial charge is 0.135 e. The molecule has 1 heterocycles. The number of anilines is 1. The fraction of sp³-hybridized carbons (Fsp3) is 0.538. The van der Waals surface area contributed by atoms with Crippen LogP contribution in [0.2, 0.25) is 0 Å². The summed E-state index contributed by atoms with van der Waals surface area (Å²) in [6.45, 7) is 5.65. The zero-order valence-corrected chi connectivity index (χ0v) is 14.1. The fourth-order valence-corrected chi connectivity index (χ4v) is 3.29. The molecular formula is C13H18Br2N2O2. The van der Waals surface area contributed by atoms with Gasteiger partial charge in [-0.2, -0.15) is 0 Å². The number of morpholine rings is 1. The van der Waals surface area contributed by atoms with Gasteiger partial charge in [-0.05, 0) is 37.9 Å². The van der Waals surface area contributed by atoms with Gasteiger partial charge < -0.3 is 14.8 Å². The zero-order chi connectivity index (χ0) is 13.7. The second-order valence-corrected chi connectivity index (χ2v) is 6.06. The van der Waals surface area contributed by atoms with E-state index in [4.69, 9.17) is 9.47 Å². The maximum Gasteiger partial charge on any atom is 0.135 e. The minimum absolute atomic E-state index is 0.831. The van der Waals surface area contributed by atoms with Crippen LogP contribution >= 0.6 is 31.9 Å². The lowest BCUT2D eigenvalue weighted by molar-refractivity contribution is 0.0398. The van der Waals surface area contributed by atoms with Gasteiger partial charge in [-0.15, -0.1) is 0 Å². The van der Waals surface area contributed by atoms with Crippen molar-refractivity contribution in [3.63, 3.8) is 0 Å². The van der Waals surface area contributed by atoms with Gasteiger partial charge in [0.15, 0.2) is 0 Å². The van der Waals surface area contributed by atoms with E-state index >= 15 is 0 Å². The van der Waals surface area contributed by atoms with Gasteiger partial charge >= 0.3 is 0 Å². The Morgan fingerprint density at radius 2 is 2.00 bits per heavy atom. The van der Waals surface area contributed by atoms with E-state index in [9.17, 15) is 0 Å². The third-order valence-electron chi connectivity index (χ3n) is 3.09. The van der Waals surface area contributed by atoms with Crippen molar-refractivity contribution in [2.75, 3.05) is 51.8 Å². The summed E-state index contributed by atoms with van der Waals surface area (Å²) < 4.78 is 12.6. The quantitative estimate of drug-likeness (QED) is 0.833.